The number of benzene rings is 1. The van der Waals surface area contributed by atoms with E-state index in [-0.39, 0.29) is 5.69 Å². The van der Waals surface area contributed by atoms with E-state index in [0.29, 0.717) is 29.2 Å². The van der Waals surface area contributed by atoms with Gasteiger partial charge in [0.2, 0.25) is 0 Å². The molecule has 1 aliphatic carbocycles. The number of nitrogens with zero attached hydrogens (tertiary/aromatic N) is 1. The molecule has 0 radical (unpaired) electrons. The van der Waals surface area contributed by atoms with E-state index in [1.165, 1.54) is 6.07 Å². The van der Waals surface area contributed by atoms with E-state index < -0.39 is 4.92 Å². The number of nitro benzene ring substituents is 1. The molecule has 1 aromatic rings. The van der Waals surface area contributed by atoms with Crippen LogP contribution in [-0.4, -0.2) is 22.7 Å². The summed E-state index contributed by atoms with van der Waals surface area (Å²) in [5.41, 5.74) is 0.317. The summed E-state index contributed by atoms with van der Waals surface area (Å²) in [5.74, 6) is 0.473. The van der Waals surface area contributed by atoms with Crippen LogP contribution in [0.25, 0.3) is 0 Å². The van der Waals surface area contributed by atoms with Gasteiger partial charge in [-0.3, -0.25) is 10.1 Å². The molecule has 2 N–H and O–H groups in total. The van der Waals surface area contributed by atoms with Gasteiger partial charge < -0.3 is 15.4 Å². The smallest absolute Gasteiger partial charge is 0.296 e. The minimum Gasteiger partial charge on any atom is -0.494 e. The molecule has 1 aromatic carbocycles. The molecular weight excluding hydrogens is 266 g/mol. The Morgan fingerprint density at radius 1 is 1.58 bits per heavy atom. The van der Waals surface area contributed by atoms with Crippen LogP contribution in [0, 0.1) is 10.1 Å². The minimum absolute atomic E-state index is 0.0501. The second kappa shape index (κ2) is 5.83. The second-order valence-corrected chi connectivity index (χ2v) is 4.65. The molecule has 0 aliphatic heterocycles. The monoisotopic (exact) mass is 281 g/mol. The molecule has 19 heavy (non-hydrogen) atoms. The summed E-state index contributed by atoms with van der Waals surface area (Å²) in [6.45, 7) is 2.29. The molecule has 2 rings (SSSR count). The summed E-state index contributed by atoms with van der Waals surface area (Å²) in [6, 6.07) is 5.08. The van der Waals surface area contributed by atoms with Crippen molar-refractivity contribution in [3.63, 3.8) is 0 Å². The van der Waals surface area contributed by atoms with Gasteiger partial charge in [0.05, 0.1) is 17.6 Å². The molecule has 1 saturated carbocycles. The molecule has 1 fully saturated rings. The van der Waals surface area contributed by atoms with Crippen LogP contribution in [0.4, 0.5) is 11.4 Å². The summed E-state index contributed by atoms with van der Waals surface area (Å²) in [5, 5.41) is 17.4. The molecule has 7 heteroatoms. The summed E-state index contributed by atoms with van der Waals surface area (Å²) in [7, 11) is 0. The first kappa shape index (κ1) is 13.5. The number of thiocarbonyl (C=S) groups is 1. The van der Waals surface area contributed by atoms with E-state index in [2.05, 4.69) is 10.6 Å². The normalized spacial score (nSPS) is 13.7. The molecule has 6 nitrogen and oxygen atoms in total. The average Bonchev–Trinajstić information content (AvgIpc) is 3.15. The SMILES string of the molecule is CCOc1ccc(NC(=S)NC2CC2)c([N+](=O)[O-])c1. The number of nitro groups is 1. The zero-order chi connectivity index (χ0) is 13.8. The van der Waals surface area contributed by atoms with Gasteiger partial charge in [0.25, 0.3) is 5.69 Å². The fourth-order valence-corrected chi connectivity index (χ4v) is 1.87. The lowest BCUT2D eigenvalue weighted by atomic mass is 10.2. The van der Waals surface area contributed by atoms with E-state index in [9.17, 15) is 10.1 Å². The van der Waals surface area contributed by atoms with Crippen molar-refractivity contribution in [1.29, 1.82) is 0 Å². The van der Waals surface area contributed by atoms with Gasteiger partial charge in [-0.1, -0.05) is 0 Å². The van der Waals surface area contributed by atoms with Crippen LogP contribution in [0.3, 0.4) is 0 Å². The average molecular weight is 281 g/mol. The molecule has 0 saturated heterocycles. The Labute approximate surface area is 116 Å². The summed E-state index contributed by atoms with van der Waals surface area (Å²) in [4.78, 5) is 10.6. The van der Waals surface area contributed by atoms with E-state index in [1.54, 1.807) is 12.1 Å². The van der Waals surface area contributed by atoms with Gasteiger partial charge in [-0.2, -0.15) is 0 Å². The van der Waals surface area contributed by atoms with Crippen LogP contribution in [0.2, 0.25) is 0 Å². The Hall–Kier alpha value is -1.89. The lowest BCUT2D eigenvalue weighted by Gasteiger charge is -2.11. The van der Waals surface area contributed by atoms with Crippen molar-refractivity contribution in [1.82, 2.24) is 5.32 Å². The van der Waals surface area contributed by atoms with Gasteiger partial charge in [-0.25, -0.2) is 0 Å². The first-order valence-corrected chi connectivity index (χ1v) is 6.49. The van der Waals surface area contributed by atoms with Crippen molar-refractivity contribution < 1.29 is 9.66 Å². The van der Waals surface area contributed by atoms with Crippen molar-refractivity contribution in [3.05, 3.63) is 28.3 Å². The Balaban J connectivity index is 2.13. The number of hydrogen-bond acceptors (Lipinski definition) is 4. The molecular formula is C12H15N3O3S. The van der Waals surface area contributed by atoms with Crippen LogP contribution in [0.15, 0.2) is 18.2 Å². The molecule has 102 valence electrons. The van der Waals surface area contributed by atoms with Crippen molar-refractivity contribution in [2.75, 3.05) is 11.9 Å². The Morgan fingerprint density at radius 2 is 2.32 bits per heavy atom. The molecule has 0 atom stereocenters. The Morgan fingerprint density at radius 3 is 2.89 bits per heavy atom. The van der Waals surface area contributed by atoms with Gasteiger partial charge in [0, 0.05) is 6.04 Å². The number of anilines is 1. The van der Waals surface area contributed by atoms with Crippen molar-refractivity contribution in [2.24, 2.45) is 0 Å². The summed E-state index contributed by atoms with van der Waals surface area (Å²) >= 11 is 5.11. The van der Waals surface area contributed by atoms with Crippen LogP contribution in [-0.2, 0) is 0 Å². The topological polar surface area (TPSA) is 76.4 Å². The third kappa shape index (κ3) is 3.78. The van der Waals surface area contributed by atoms with E-state index >= 15 is 0 Å². The van der Waals surface area contributed by atoms with Crippen LogP contribution < -0.4 is 15.4 Å². The van der Waals surface area contributed by atoms with Crippen molar-refractivity contribution >= 4 is 28.7 Å². The fraction of sp³-hybridized carbons (Fsp3) is 0.417. The number of ether oxygens (including phenoxy) is 1. The highest BCUT2D eigenvalue weighted by molar-refractivity contribution is 7.80. The maximum Gasteiger partial charge on any atom is 0.296 e. The fourth-order valence-electron chi connectivity index (χ4n) is 1.60. The summed E-state index contributed by atoms with van der Waals surface area (Å²) < 4.78 is 5.25. The third-order valence-corrected chi connectivity index (χ3v) is 2.86. The van der Waals surface area contributed by atoms with Gasteiger partial charge in [0.15, 0.2) is 5.11 Å². The predicted molar refractivity (Wildman–Crippen MR) is 76.6 cm³/mol. The maximum atomic E-state index is 11.0. The molecule has 1 aliphatic rings. The van der Waals surface area contributed by atoms with Gasteiger partial charge in [-0.05, 0) is 44.1 Å². The minimum atomic E-state index is -0.454. The highest BCUT2D eigenvalue weighted by Crippen LogP contribution is 2.29. The molecule has 0 aromatic heterocycles. The van der Waals surface area contributed by atoms with Crippen LogP contribution in [0.5, 0.6) is 5.75 Å². The number of nitrogens with one attached hydrogen (secondary N) is 2. The predicted octanol–water partition coefficient (Wildman–Crippen LogP) is 2.44. The first-order valence-electron chi connectivity index (χ1n) is 6.09. The zero-order valence-electron chi connectivity index (χ0n) is 10.5. The quantitative estimate of drug-likeness (QED) is 0.490. The summed E-state index contributed by atoms with van der Waals surface area (Å²) in [6.07, 6.45) is 2.18. The molecule has 0 heterocycles. The van der Waals surface area contributed by atoms with Crippen LogP contribution >= 0.6 is 12.2 Å². The van der Waals surface area contributed by atoms with Crippen molar-refractivity contribution in [3.8, 4) is 5.75 Å². The standard InChI is InChI=1S/C12H15N3O3S/c1-2-18-9-5-6-10(11(7-9)15(16)17)14-12(19)13-8-3-4-8/h5-8H,2-4H2,1H3,(H2,13,14,19). The van der Waals surface area contributed by atoms with Gasteiger partial charge in [-0.15, -0.1) is 0 Å². The Bertz CT molecular complexity index is 503. The van der Waals surface area contributed by atoms with Gasteiger partial charge >= 0.3 is 0 Å². The Kier molecular flexibility index (Phi) is 4.16. The third-order valence-electron chi connectivity index (χ3n) is 2.64. The van der Waals surface area contributed by atoms with E-state index in [1.807, 2.05) is 6.92 Å². The largest absolute Gasteiger partial charge is 0.494 e. The zero-order valence-corrected chi connectivity index (χ0v) is 11.3. The lowest BCUT2D eigenvalue weighted by Crippen LogP contribution is -2.30. The molecule has 0 amide bonds. The molecule has 0 spiro atoms. The van der Waals surface area contributed by atoms with Gasteiger partial charge in [0.1, 0.15) is 11.4 Å². The van der Waals surface area contributed by atoms with Crippen molar-refractivity contribution in [2.45, 2.75) is 25.8 Å². The molecule has 0 bridgehead atoms. The van der Waals surface area contributed by atoms with Crippen LogP contribution in [0.1, 0.15) is 19.8 Å². The first-order chi connectivity index (χ1) is 9.10. The highest BCUT2D eigenvalue weighted by atomic mass is 32.1. The maximum absolute atomic E-state index is 11.0. The molecule has 0 unspecified atom stereocenters. The number of rotatable bonds is 5. The van der Waals surface area contributed by atoms with E-state index in [4.69, 9.17) is 17.0 Å². The number of hydrogen-bond donors (Lipinski definition) is 2. The van der Waals surface area contributed by atoms with E-state index in [0.717, 1.165) is 12.8 Å². The highest BCUT2D eigenvalue weighted by Gasteiger charge is 2.23. The second-order valence-electron chi connectivity index (χ2n) is 4.24. The lowest BCUT2D eigenvalue weighted by molar-refractivity contribution is -0.384.